The Balaban J connectivity index is 2.10. The number of hydrogen-bond acceptors (Lipinski definition) is 4. The summed E-state index contributed by atoms with van der Waals surface area (Å²) in [6, 6.07) is 0. The molecule has 0 bridgehead atoms. The zero-order valence-corrected chi connectivity index (χ0v) is 13.2. The second kappa shape index (κ2) is 5.07. The average molecular weight is 322 g/mol. The van der Waals surface area contributed by atoms with Crippen LogP contribution in [0.2, 0.25) is 0 Å². The minimum Gasteiger partial charge on any atom is -0.351 e. The van der Waals surface area contributed by atoms with Gasteiger partial charge in [0, 0.05) is 22.6 Å². The zero-order valence-electron chi connectivity index (χ0n) is 10.8. The van der Waals surface area contributed by atoms with Gasteiger partial charge in [0.2, 0.25) is 0 Å². The summed E-state index contributed by atoms with van der Waals surface area (Å²) < 4.78 is 22.7. The molecule has 0 atom stereocenters. The van der Waals surface area contributed by atoms with Gasteiger partial charge in [-0.3, -0.25) is 4.79 Å². The maximum Gasteiger partial charge on any atom is 0.271 e. The second-order valence-electron chi connectivity index (χ2n) is 5.04. The fraction of sp³-hybridized carbons (Fsp3) is 0.583. The molecule has 1 amide bonds. The van der Waals surface area contributed by atoms with Gasteiger partial charge in [0.15, 0.2) is 0 Å². The van der Waals surface area contributed by atoms with Gasteiger partial charge >= 0.3 is 0 Å². The molecule has 1 aliphatic rings. The third-order valence-corrected chi connectivity index (χ3v) is 7.10. The summed E-state index contributed by atoms with van der Waals surface area (Å²) >= 11 is 0.985. The van der Waals surface area contributed by atoms with E-state index in [0.717, 1.165) is 30.6 Å². The van der Waals surface area contributed by atoms with Crippen molar-refractivity contribution >= 4 is 37.0 Å². The number of amides is 1. The van der Waals surface area contributed by atoms with E-state index in [4.69, 9.17) is 10.7 Å². The standard InChI is InChI=1S/C12H16ClNO3S2/c1-3-12(4-5-12)7-14-10(15)9-6-18-11(8(9)2)19(13,16)17/h6H,3-5,7H2,1-2H3,(H,14,15). The van der Waals surface area contributed by atoms with Gasteiger partial charge in [0.05, 0.1) is 5.56 Å². The first-order valence-corrected chi connectivity index (χ1v) is 9.29. The number of halogens is 1. The van der Waals surface area contributed by atoms with Gasteiger partial charge in [-0.15, -0.1) is 11.3 Å². The van der Waals surface area contributed by atoms with Crippen molar-refractivity contribution in [3.8, 4) is 0 Å². The van der Waals surface area contributed by atoms with Crippen LogP contribution in [-0.4, -0.2) is 20.9 Å². The van der Waals surface area contributed by atoms with E-state index in [9.17, 15) is 13.2 Å². The third-order valence-electron chi connectivity index (χ3n) is 3.79. The third kappa shape index (κ3) is 3.12. The Bertz CT molecular complexity index is 602. The molecule has 1 heterocycles. The number of nitrogens with one attached hydrogen (secondary N) is 1. The lowest BCUT2D eigenvalue weighted by Gasteiger charge is -2.13. The monoisotopic (exact) mass is 321 g/mol. The molecule has 19 heavy (non-hydrogen) atoms. The van der Waals surface area contributed by atoms with E-state index in [1.807, 2.05) is 0 Å². The molecule has 7 heteroatoms. The topological polar surface area (TPSA) is 63.2 Å². The molecule has 106 valence electrons. The van der Waals surface area contributed by atoms with Gasteiger partial charge in [-0.05, 0) is 37.2 Å². The summed E-state index contributed by atoms with van der Waals surface area (Å²) in [6.45, 7) is 4.38. The van der Waals surface area contributed by atoms with Crippen LogP contribution in [0.15, 0.2) is 9.59 Å². The highest BCUT2D eigenvalue weighted by Gasteiger charge is 2.40. The first-order valence-electron chi connectivity index (χ1n) is 6.10. The van der Waals surface area contributed by atoms with Crippen LogP contribution in [0.4, 0.5) is 0 Å². The van der Waals surface area contributed by atoms with Gasteiger partial charge in [-0.1, -0.05) is 6.92 Å². The van der Waals surface area contributed by atoms with E-state index in [1.165, 1.54) is 0 Å². The molecule has 0 aliphatic heterocycles. The van der Waals surface area contributed by atoms with Gasteiger partial charge in [0.1, 0.15) is 4.21 Å². The van der Waals surface area contributed by atoms with E-state index in [0.29, 0.717) is 17.7 Å². The van der Waals surface area contributed by atoms with E-state index in [2.05, 4.69) is 12.2 Å². The summed E-state index contributed by atoms with van der Waals surface area (Å²) in [5.41, 5.74) is 1.09. The molecule has 1 aliphatic carbocycles. The van der Waals surface area contributed by atoms with Crippen molar-refractivity contribution in [1.29, 1.82) is 0 Å². The lowest BCUT2D eigenvalue weighted by atomic mass is 10.0. The normalized spacial score (nSPS) is 17.2. The lowest BCUT2D eigenvalue weighted by molar-refractivity contribution is 0.0944. The van der Waals surface area contributed by atoms with Crippen molar-refractivity contribution in [2.75, 3.05) is 6.54 Å². The molecule has 1 aromatic heterocycles. The predicted molar refractivity (Wildman–Crippen MR) is 76.4 cm³/mol. The van der Waals surface area contributed by atoms with Gasteiger partial charge in [-0.25, -0.2) is 8.42 Å². The molecule has 0 spiro atoms. The summed E-state index contributed by atoms with van der Waals surface area (Å²) in [6.07, 6.45) is 3.35. The fourth-order valence-electron chi connectivity index (χ4n) is 2.06. The van der Waals surface area contributed by atoms with E-state index >= 15 is 0 Å². The number of thiophene rings is 1. The van der Waals surface area contributed by atoms with Crippen LogP contribution in [0, 0.1) is 12.3 Å². The molecule has 1 saturated carbocycles. The van der Waals surface area contributed by atoms with Gasteiger partial charge < -0.3 is 5.32 Å². The van der Waals surface area contributed by atoms with Crippen LogP contribution in [0.3, 0.4) is 0 Å². The number of hydrogen-bond donors (Lipinski definition) is 1. The Hall–Kier alpha value is -0.590. The van der Waals surface area contributed by atoms with Crippen molar-refractivity contribution in [2.24, 2.45) is 5.41 Å². The highest BCUT2D eigenvalue weighted by atomic mass is 35.7. The molecule has 4 nitrogen and oxygen atoms in total. The first kappa shape index (κ1) is 14.8. The van der Waals surface area contributed by atoms with Crippen molar-refractivity contribution in [3.05, 3.63) is 16.5 Å². The minimum atomic E-state index is -3.77. The van der Waals surface area contributed by atoms with Crippen LogP contribution >= 0.6 is 22.0 Å². The molecule has 0 radical (unpaired) electrons. The fourth-order valence-corrected chi connectivity index (χ4v) is 4.61. The van der Waals surface area contributed by atoms with Crippen LogP contribution in [-0.2, 0) is 9.05 Å². The summed E-state index contributed by atoms with van der Waals surface area (Å²) in [5, 5.41) is 4.44. The molecule has 0 aromatic carbocycles. The molecular formula is C12H16ClNO3S2. The maximum atomic E-state index is 12.1. The summed E-state index contributed by atoms with van der Waals surface area (Å²) in [7, 11) is 1.54. The summed E-state index contributed by atoms with van der Waals surface area (Å²) in [5.74, 6) is -0.222. The zero-order chi connectivity index (χ0) is 14.3. The van der Waals surface area contributed by atoms with Crippen molar-refractivity contribution in [2.45, 2.75) is 37.3 Å². The maximum absolute atomic E-state index is 12.1. The molecule has 2 rings (SSSR count). The van der Waals surface area contributed by atoms with E-state index in [-0.39, 0.29) is 15.5 Å². The van der Waals surface area contributed by atoms with Crippen molar-refractivity contribution in [1.82, 2.24) is 5.32 Å². The lowest BCUT2D eigenvalue weighted by Crippen LogP contribution is -2.30. The molecule has 1 fully saturated rings. The first-order chi connectivity index (χ1) is 8.79. The van der Waals surface area contributed by atoms with Crippen LogP contribution in [0.25, 0.3) is 0 Å². The molecule has 1 N–H and O–H groups in total. The summed E-state index contributed by atoms with van der Waals surface area (Å²) in [4.78, 5) is 12.1. The van der Waals surface area contributed by atoms with Gasteiger partial charge in [-0.2, -0.15) is 0 Å². The Labute approximate surface area is 121 Å². The van der Waals surface area contributed by atoms with Crippen LogP contribution in [0.1, 0.15) is 42.1 Å². The highest BCUT2D eigenvalue weighted by Crippen LogP contribution is 2.47. The molecule has 0 saturated heterocycles. The molecular weight excluding hydrogens is 306 g/mol. The molecule has 0 unspecified atom stereocenters. The largest absolute Gasteiger partial charge is 0.351 e. The number of carbonyl (C=O) groups excluding carboxylic acids is 1. The Morgan fingerprint density at radius 3 is 2.58 bits per heavy atom. The SMILES string of the molecule is CCC1(CNC(=O)c2csc(S(=O)(=O)Cl)c2C)CC1. The van der Waals surface area contributed by atoms with Crippen LogP contribution in [0.5, 0.6) is 0 Å². The highest BCUT2D eigenvalue weighted by molar-refractivity contribution is 8.15. The molecule has 1 aromatic rings. The Kier molecular flexibility index (Phi) is 3.95. The van der Waals surface area contributed by atoms with Crippen molar-refractivity contribution in [3.63, 3.8) is 0 Å². The Morgan fingerprint density at radius 2 is 2.16 bits per heavy atom. The Morgan fingerprint density at radius 1 is 1.53 bits per heavy atom. The number of carbonyl (C=O) groups is 1. The minimum absolute atomic E-state index is 0.0518. The quantitative estimate of drug-likeness (QED) is 0.848. The smallest absolute Gasteiger partial charge is 0.271 e. The van der Waals surface area contributed by atoms with Crippen molar-refractivity contribution < 1.29 is 13.2 Å². The van der Waals surface area contributed by atoms with E-state index in [1.54, 1.807) is 12.3 Å². The predicted octanol–water partition coefficient (Wildman–Crippen LogP) is 2.90. The number of rotatable bonds is 5. The van der Waals surface area contributed by atoms with Gasteiger partial charge in [0.25, 0.3) is 15.0 Å². The van der Waals surface area contributed by atoms with Crippen LogP contribution < -0.4 is 5.32 Å². The average Bonchev–Trinajstić information content (AvgIpc) is 3.00. The van der Waals surface area contributed by atoms with E-state index < -0.39 is 9.05 Å². The second-order valence-corrected chi connectivity index (χ2v) is 8.68.